The molecule has 0 radical (unpaired) electrons. The van der Waals surface area contributed by atoms with Gasteiger partial charge in [-0.1, -0.05) is 18.2 Å². The van der Waals surface area contributed by atoms with Gasteiger partial charge in [0.2, 0.25) is 0 Å². The van der Waals surface area contributed by atoms with E-state index in [1.54, 1.807) is 0 Å². The number of carbonyl (C=O) groups excluding carboxylic acids is 1. The number of halogens is 1. The van der Waals surface area contributed by atoms with Gasteiger partial charge in [0.05, 0.1) is 6.04 Å². The molecule has 1 heterocycles. The zero-order chi connectivity index (χ0) is 14.8. The van der Waals surface area contributed by atoms with E-state index in [0.717, 1.165) is 9.35 Å². The minimum Gasteiger partial charge on any atom is -0.345 e. The Balaban J connectivity index is 1.75. The molecule has 0 saturated carbocycles. The largest absolute Gasteiger partial charge is 0.345 e. The number of hydrogen-bond acceptors (Lipinski definition) is 2. The fraction of sp³-hybridized carbons (Fsp3) is 0.353. The molecule has 0 fully saturated rings. The molecule has 0 saturated heterocycles. The lowest BCUT2D eigenvalue weighted by atomic mass is 9.89. The number of carbonyl (C=O) groups is 1. The van der Waals surface area contributed by atoms with Gasteiger partial charge in [-0.25, -0.2) is 0 Å². The van der Waals surface area contributed by atoms with Crippen LogP contribution in [0.5, 0.6) is 0 Å². The molecule has 1 N–H and O–H groups in total. The zero-order valence-corrected chi connectivity index (χ0v) is 14.4. The van der Waals surface area contributed by atoms with Gasteiger partial charge in [-0.3, -0.25) is 4.79 Å². The number of hydrogen-bond donors (Lipinski definition) is 1. The molecule has 1 aliphatic carbocycles. The molecule has 1 amide bonds. The van der Waals surface area contributed by atoms with Crippen LogP contribution in [-0.4, -0.2) is 5.91 Å². The molecular weight excluding hydrogens is 346 g/mol. The third-order valence-electron chi connectivity index (χ3n) is 4.04. The number of aryl methyl sites for hydroxylation is 2. The van der Waals surface area contributed by atoms with Gasteiger partial charge < -0.3 is 5.32 Å². The number of benzene rings is 1. The fourth-order valence-electron chi connectivity index (χ4n) is 2.82. The third-order valence-corrected chi connectivity index (χ3v) is 5.88. The van der Waals surface area contributed by atoms with E-state index < -0.39 is 0 Å². The average molecular weight is 364 g/mol. The molecule has 0 bridgehead atoms. The van der Waals surface area contributed by atoms with Crippen molar-refractivity contribution in [3.8, 4) is 0 Å². The summed E-state index contributed by atoms with van der Waals surface area (Å²) in [6, 6.07) is 8.58. The van der Waals surface area contributed by atoms with Crippen LogP contribution in [0.1, 0.15) is 52.2 Å². The third kappa shape index (κ3) is 3.22. The Morgan fingerprint density at radius 3 is 2.71 bits per heavy atom. The molecule has 0 spiro atoms. The minimum atomic E-state index is -0.0119. The highest BCUT2D eigenvalue weighted by molar-refractivity contribution is 9.10. The summed E-state index contributed by atoms with van der Waals surface area (Å²) in [6.45, 7) is 2.05. The second-order valence-corrected chi connectivity index (χ2v) is 7.30. The van der Waals surface area contributed by atoms with Crippen molar-refractivity contribution in [3.63, 3.8) is 0 Å². The lowest BCUT2D eigenvalue weighted by molar-refractivity contribution is 0.0943. The van der Waals surface area contributed by atoms with Crippen LogP contribution < -0.4 is 5.32 Å². The topological polar surface area (TPSA) is 29.1 Å². The van der Waals surface area contributed by atoms with Crippen LogP contribution in [-0.2, 0) is 12.8 Å². The average Bonchev–Trinajstić information content (AvgIpc) is 2.93. The second-order valence-electron chi connectivity index (χ2n) is 5.53. The maximum Gasteiger partial charge on any atom is 0.262 e. The van der Waals surface area contributed by atoms with E-state index in [0.29, 0.717) is 0 Å². The second kappa shape index (κ2) is 6.32. The van der Waals surface area contributed by atoms with Gasteiger partial charge in [-0.15, -0.1) is 11.3 Å². The molecule has 1 aliphatic rings. The van der Waals surface area contributed by atoms with Crippen molar-refractivity contribution in [2.24, 2.45) is 0 Å². The lowest BCUT2D eigenvalue weighted by Crippen LogP contribution is -2.26. The first-order chi connectivity index (χ1) is 10.1. The van der Waals surface area contributed by atoms with Crippen LogP contribution in [0, 0.1) is 0 Å². The Kier molecular flexibility index (Phi) is 4.45. The van der Waals surface area contributed by atoms with Gasteiger partial charge >= 0.3 is 0 Å². The van der Waals surface area contributed by atoms with Crippen LogP contribution in [0.15, 0.2) is 34.1 Å². The van der Waals surface area contributed by atoms with Crippen LogP contribution >= 0.6 is 27.3 Å². The van der Waals surface area contributed by atoms with Gasteiger partial charge in [-0.05, 0) is 76.7 Å². The highest BCUT2D eigenvalue weighted by Crippen LogP contribution is 2.26. The van der Waals surface area contributed by atoms with Crippen molar-refractivity contribution in [3.05, 3.63) is 55.7 Å². The number of fused-ring (bicyclic) bond motifs is 1. The number of thiophene rings is 1. The van der Waals surface area contributed by atoms with Gasteiger partial charge in [0, 0.05) is 4.47 Å². The first-order valence-corrected chi connectivity index (χ1v) is 8.98. The predicted octanol–water partition coefficient (Wildman–Crippen LogP) is 4.88. The summed E-state index contributed by atoms with van der Waals surface area (Å²) in [4.78, 5) is 13.0. The molecular formula is C17H18BrNOS. The van der Waals surface area contributed by atoms with Gasteiger partial charge in [-0.2, -0.15) is 0 Å². The van der Waals surface area contributed by atoms with Crippen molar-refractivity contribution in [2.75, 3.05) is 0 Å². The molecule has 4 heteroatoms. The standard InChI is InChI=1S/C17H18BrNOS/c1-11(19-17(20)16-15(18)8-9-21-16)13-7-6-12-4-2-3-5-14(12)10-13/h6-11H,2-5H2,1H3,(H,19,20). The molecule has 2 nitrogen and oxygen atoms in total. The summed E-state index contributed by atoms with van der Waals surface area (Å²) in [6.07, 6.45) is 4.93. The van der Waals surface area contributed by atoms with Crippen LogP contribution in [0.3, 0.4) is 0 Å². The monoisotopic (exact) mass is 363 g/mol. The zero-order valence-electron chi connectivity index (χ0n) is 12.0. The molecule has 0 aliphatic heterocycles. The van der Waals surface area contributed by atoms with Crippen molar-refractivity contribution in [2.45, 2.75) is 38.6 Å². The molecule has 3 rings (SSSR count). The van der Waals surface area contributed by atoms with E-state index in [1.807, 2.05) is 18.4 Å². The highest BCUT2D eigenvalue weighted by Gasteiger charge is 2.17. The van der Waals surface area contributed by atoms with Crippen molar-refractivity contribution in [1.29, 1.82) is 0 Å². The molecule has 1 unspecified atom stereocenters. The van der Waals surface area contributed by atoms with Crippen LogP contribution in [0.25, 0.3) is 0 Å². The minimum absolute atomic E-state index is 0.0119. The lowest BCUT2D eigenvalue weighted by Gasteiger charge is -2.20. The summed E-state index contributed by atoms with van der Waals surface area (Å²) in [5.74, 6) is -0.0119. The Hall–Kier alpha value is -1.13. The van der Waals surface area contributed by atoms with E-state index in [9.17, 15) is 4.79 Å². The summed E-state index contributed by atoms with van der Waals surface area (Å²) in [5, 5.41) is 5.01. The van der Waals surface area contributed by atoms with Crippen LogP contribution in [0.4, 0.5) is 0 Å². The smallest absolute Gasteiger partial charge is 0.262 e. The Morgan fingerprint density at radius 1 is 1.24 bits per heavy atom. The van der Waals surface area contributed by atoms with Gasteiger partial charge in [0.15, 0.2) is 0 Å². The summed E-state index contributed by atoms with van der Waals surface area (Å²) >= 11 is 4.87. The van der Waals surface area contributed by atoms with E-state index in [-0.39, 0.29) is 11.9 Å². The van der Waals surface area contributed by atoms with E-state index in [4.69, 9.17) is 0 Å². The van der Waals surface area contributed by atoms with E-state index >= 15 is 0 Å². The number of rotatable bonds is 3. The first kappa shape index (κ1) is 14.8. The summed E-state index contributed by atoms with van der Waals surface area (Å²) in [5.41, 5.74) is 4.12. The quantitative estimate of drug-likeness (QED) is 0.826. The molecule has 1 aromatic carbocycles. The molecule has 1 atom stereocenters. The maximum absolute atomic E-state index is 12.3. The first-order valence-electron chi connectivity index (χ1n) is 7.30. The van der Waals surface area contributed by atoms with E-state index in [1.165, 1.54) is 53.7 Å². The molecule has 110 valence electrons. The summed E-state index contributed by atoms with van der Waals surface area (Å²) < 4.78 is 0.864. The Bertz CT molecular complexity index is 665. The predicted molar refractivity (Wildman–Crippen MR) is 91.0 cm³/mol. The van der Waals surface area contributed by atoms with Gasteiger partial charge in [0.1, 0.15) is 4.88 Å². The normalized spacial score (nSPS) is 15.3. The van der Waals surface area contributed by atoms with Crippen LogP contribution in [0.2, 0.25) is 0 Å². The van der Waals surface area contributed by atoms with E-state index in [2.05, 4.69) is 39.4 Å². The SMILES string of the molecule is CC(NC(=O)c1sccc1Br)c1ccc2c(c1)CCCC2. The van der Waals surface area contributed by atoms with Crippen molar-refractivity contribution < 1.29 is 4.79 Å². The summed E-state index contributed by atoms with van der Waals surface area (Å²) in [7, 11) is 0. The van der Waals surface area contributed by atoms with Crippen molar-refractivity contribution >= 4 is 33.2 Å². The fourth-order valence-corrected chi connectivity index (χ4v) is 4.28. The maximum atomic E-state index is 12.3. The molecule has 1 aromatic heterocycles. The Labute approximate surface area is 137 Å². The number of amides is 1. The van der Waals surface area contributed by atoms with Crippen molar-refractivity contribution in [1.82, 2.24) is 5.32 Å². The molecule has 2 aromatic rings. The Morgan fingerprint density at radius 2 is 2.00 bits per heavy atom. The number of nitrogens with one attached hydrogen (secondary N) is 1. The van der Waals surface area contributed by atoms with Gasteiger partial charge in [0.25, 0.3) is 5.91 Å². The highest BCUT2D eigenvalue weighted by atomic mass is 79.9. The molecule has 21 heavy (non-hydrogen) atoms.